The molecule has 0 saturated heterocycles. The molecule has 0 aliphatic heterocycles. The van der Waals surface area contributed by atoms with Gasteiger partial charge in [-0.1, -0.05) is 17.3 Å². The number of aromatic nitrogens is 2. The third-order valence-electron chi connectivity index (χ3n) is 2.88. The van der Waals surface area contributed by atoms with E-state index in [1.54, 1.807) is 36.2 Å². The minimum atomic E-state index is -0.284. The van der Waals surface area contributed by atoms with Crippen LogP contribution in [-0.2, 0) is 6.54 Å². The van der Waals surface area contributed by atoms with Crippen molar-refractivity contribution >= 4 is 5.69 Å². The normalized spacial score (nSPS) is 10.7. The zero-order valence-electron chi connectivity index (χ0n) is 10.8. The van der Waals surface area contributed by atoms with Gasteiger partial charge in [-0.15, -0.1) is 0 Å². The fourth-order valence-corrected chi connectivity index (χ4v) is 1.88. The van der Waals surface area contributed by atoms with Crippen LogP contribution in [0.2, 0.25) is 0 Å². The second-order valence-electron chi connectivity index (χ2n) is 4.34. The van der Waals surface area contributed by atoms with Crippen molar-refractivity contribution in [2.75, 3.05) is 11.9 Å². The Hall–Kier alpha value is -2.63. The first-order chi connectivity index (χ1) is 9.74. The molecule has 5 nitrogen and oxygen atoms in total. The number of nitrogens with zero attached hydrogens (tertiary/aromatic N) is 3. The highest BCUT2D eigenvalue weighted by Crippen LogP contribution is 2.20. The quantitative estimate of drug-likeness (QED) is 0.731. The number of anilines is 1. The molecule has 102 valence electrons. The van der Waals surface area contributed by atoms with Gasteiger partial charge in [-0.25, -0.2) is 4.39 Å². The van der Waals surface area contributed by atoms with Crippen LogP contribution in [0.15, 0.2) is 51.8 Å². The monoisotopic (exact) mass is 273 g/mol. The van der Waals surface area contributed by atoms with Crippen LogP contribution in [-0.4, -0.2) is 17.2 Å². The third kappa shape index (κ3) is 2.40. The molecule has 20 heavy (non-hydrogen) atoms. The van der Waals surface area contributed by atoms with Gasteiger partial charge in [0.1, 0.15) is 12.1 Å². The van der Waals surface area contributed by atoms with Gasteiger partial charge >= 0.3 is 0 Å². The molecule has 0 bridgehead atoms. The lowest BCUT2D eigenvalue weighted by molar-refractivity contribution is 0.421. The highest BCUT2D eigenvalue weighted by atomic mass is 19.1. The molecule has 1 aromatic carbocycles. The van der Waals surface area contributed by atoms with Crippen molar-refractivity contribution < 1.29 is 13.3 Å². The molecule has 6 heteroatoms. The molecular formula is C14H12FN3O2. The van der Waals surface area contributed by atoms with Crippen molar-refractivity contribution in [2.45, 2.75) is 6.54 Å². The molecule has 0 radical (unpaired) electrons. The van der Waals surface area contributed by atoms with E-state index in [-0.39, 0.29) is 5.82 Å². The Labute approximate surface area is 114 Å². The maximum absolute atomic E-state index is 13.7. The van der Waals surface area contributed by atoms with E-state index in [2.05, 4.69) is 10.1 Å². The summed E-state index contributed by atoms with van der Waals surface area (Å²) in [6.07, 6.45) is 3.06. The maximum atomic E-state index is 13.7. The van der Waals surface area contributed by atoms with Gasteiger partial charge in [0, 0.05) is 7.05 Å². The lowest BCUT2D eigenvalue weighted by atomic mass is 10.3. The second-order valence-corrected chi connectivity index (χ2v) is 4.34. The highest BCUT2D eigenvalue weighted by molar-refractivity contribution is 5.50. The van der Waals surface area contributed by atoms with Gasteiger partial charge in [-0.2, -0.15) is 4.98 Å². The predicted octanol–water partition coefficient (Wildman–Crippen LogP) is 3.11. The molecule has 0 spiro atoms. The maximum Gasteiger partial charge on any atom is 0.261 e. The molecule has 0 aliphatic rings. The molecule has 0 amide bonds. The summed E-state index contributed by atoms with van der Waals surface area (Å²) in [6.45, 7) is 0.349. The topological polar surface area (TPSA) is 55.3 Å². The van der Waals surface area contributed by atoms with Crippen LogP contribution in [0.25, 0.3) is 11.5 Å². The van der Waals surface area contributed by atoms with Crippen LogP contribution in [0.4, 0.5) is 10.1 Å². The summed E-state index contributed by atoms with van der Waals surface area (Å²) in [7, 11) is 1.77. The third-order valence-corrected chi connectivity index (χ3v) is 2.88. The Morgan fingerprint density at radius 1 is 1.25 bits per heavy atom. The molecule has 0 saturated carbocycles. The number of halogens is 1. The van der Waals surface area contributed by atoms with Crippen LogP contribution in [0.3, 0.4) is 0 Å². The molecule has 2 heterocycles. The summed E-state index contributed by atoms with van der Waals surface area (Å²) in [4.78, 5) is 5.97. The first-order valence-corrected chi connectivity index (χ1v) is 6.05. The van der Waals surface area contributed by atoms with Gasteiger partial charge in [0.25, 0.3) is 5.89 Å². The van der Waals surface area contributed by atoms with E-state index in [0.29, 0.717) is 23.9 Å². The lowest BCUT2D eigenvalue weighted by Crippen LogP contribution is -2.18. The first kappa shape index (κ1) is 12.4. The SMILES string of the molecule is CN(Cc1noc(-c2ccoc2)n1)c1ccccc1F. The van der Waals surface area contributed by atoms with Crippen LogP contribution in [0, 0.1) is 5.82 Å². The van der Waals surface area contributed by atoms with Crippen molar-refractivity contribution in [3.8, 4) is 11.5 Å². The van der Waals surface area contributed by atoms with E-state index in [9.17, 15) is 4.39 Å². The van der Waals surface area contributed by atoms with Crippen molar-refractivity contribution in [2.24, 2.45) is 0 Å². The van der Waals surface area contributed by atoms with Crippen LogP contribution < -0.4 is 4.90 Å². The first-order valence-electron chi connectivity index (χ1n) is 6.05. The Bertz CT molecular complexity index is 694. The van der Waals surface area contributed by atoms with Gasteiger partial charge in [-0.3, -0.25) is 0 Å². The van der Waals surface area contributed by atoms with Gasteiger partial charge in [0.2, 0.25) is 0 Å². The summed E-state index contributed by atoms with van der Waals surface area (Å²) in [6, 6.07) is 8.28. The highest BCUT2D eigenvalue weighted by Gasteiger charge is 2.13. The molecule has 2 aromatic heterocycles. The minimum absolute atomic E-state index is 0.284. The Kier molecular flexibility index (Phi) is 3.20. The molecular weight excluding hydrogens is 261 g/mol. The molecule has 3 rings (SSSR count). The summed E-state index contributed by atoms with van der Waals surface area (Å²) < 4.78 is 23.7. The zero-order valence-corrected chi connectivity index (χ0v) is 10.8. The smallest absolute Gasteiger partial charge is 0.261 e. The van der Waals surface area contributed by atoms with E-state index in [0.717, 1.165) is 5.56 Å². The van der Waals surface area contributed by atoms with Gasteiger partial charge in [0.15, 0.2) is 5.82 Å². The van der Waals surface area contributed by atoms with E-state index in [1.165, 1.54) is 18.6 Å². The summed E-state index contributed by atoms with van der Waals surface area (Å²) in [5.41, 5.74) is 1.21. The molecule has 0 atom stereocenters. The van der Waals surface area contributed by atoms with E-state index in [4.69, 9.17) is 8.94 Å². The van der Waals surface area contributed by atoms with E-state index in [1.807, 2.05) is 0 Å². The van der Waals surface area contributed by atoms with Gasteiger partial charge in [0.05, 0.1) is 24.1 Å². The van der Waals surface area contributed by atoms with E-state index >= 15 is 0 Å². The number of hydrogen-bond donors (Lipinski definition) is 0. The van der Waals surface area contributed by atoms with Crippen molar-refractivity contribution in [3.05, 3.63) is 54.5 Å². The fraction of sp³-hybridized carbons (Fsp3) is 0.143. The minimum Gasteiger partial charge on any atom is -0.472 e. The van der Waals surface area contributed by atoms with Crippen LogP contribution in [0.1, 0.15) is 5.82 Å². The summed E-state index contributed by atoms with van der Waals surface area (Å²) >= 11 is 0. The van der Waals surface area contributed by atoms with Crippen molar-refractivity contribution in [3.63, 3.8) is 0 Å². The number of hydrogen-bond acceptors (Lipinski definition) is 5. The second kappa shape index (κ2) is 5.16. The molecule has 0 unspecified atom stereocenters. The summed E-state index contributed by atoms with van der Waals surface area (Å²) in [5, 5.41) is 3.88. The lowest BCUT2D eigenvalue weighted by Gasteiger charge is -2.17. The predicted molar refractivity (Wildman–Crippen MR) is 70.5 cm³/mol. The average Bonchev–Trinajstić information content (AvgIpc) is 3.09. The van der Waals surface area contributed by atoms with Gasteiger partial charge in [-0.05, 0) is 18.2 Å². The Morgan fingerprint density at radius 3 is 2.85 bits per heavy atom. The average molecular weight is 273 g/mol. The Morgan fingerprint density at radius 2 is 2.10 bits per heavy atom. The van der Waals surface area contributed by atoms with Crippen molar-refractivity contribution in [1.82, 2.24) is 10.1 Å². The molecule has 0 fully saturated rings. The zero-order chi connectivity index (χ0) is 13.9. The standard InChI is InChI=1S/C14H12FN3O2/c1-18(12-5-3-2-4-11(12)15)8-13-16-14(20-17-13)10-6-7-19-9-10/h2-7,9H,8H2,1H3. The van der Waals surface area contributed by atoms with E-state index < -0.39 is 0 Å². The number of benzene rings is 1. The molecule has 3 aromatic rings. The van der Waals surface area contributed by atoms with Crippen LogP contribution >= 0.6 is 0 Å². The number of para-hydroxylation sites is 1. The number of furan rings is 1. The largest absolute Gasteiger partial charge is 0.472 e. The molecule has 0 N–H and O–H groups in total. The Balaban J connectivity index is 1.77. The summed E-state index contributed by atoms with van der Waals surface area (Å²) in [5.74, 6) is 0.580. The number of rotatable bonds is 4. The van der Waals surface area contributed by atoms with Crippen molar-refractivity contribution in [1.29, 1.82) is 0 Å². The van der Waals surface area contributed by atoms with Crippen LogP contribution in [0.5, 0.6) is 0 Å². The van der Waals surface area contributed by atoms with Gasteiger partial charge < -0.3 is 13.8 Å². The molecule has 0 aliphatic carbocycles. The fourth-order valence-electron chi connectivity index (χ4n) is 1.88.